The zero-order valence-corrected chi connectivity index (χ0v) is 12.4. The van der Waals surface area contributed by atoms with Crippen molar-refractivity contribution >= 4 is 10.0 Å². The average molecular weight is 294 g/mol. The summed E-state index contributed by atoms with van der Waals surface area (Å²) in [6.45, 7) is 1.75. The second-order valence-electron chi connectivity index (χ2n) is 5.85. The van der Waals surface area contributed by atoms with Crippen LogP contribution in [0.3, 0.4) is 0 Å². The normalized spacial score (nSPS) is 30.7. The third-order valence-electron chi connectivity index (χ3n) is 4.24. The molecule has 1 unspecified atom stereocenters. The third-order valence-corrected chi connectivity index (χ3v) is 6.22. The minimum Gasteiger partial charge on any atom is -0.315 e. The van der Waals surface area contributed by atoms with Crippen molar-refractivity contribution in [2.75, 3.05) is 13.1 Å². The Kier molecular flexibility index (Phi) is 4.10. The van der Waals surface area contributed by atoms with Crippen LogP contribution in [-0.4, -0.2) is 32.8 Å². The topological polar surface area (TPSA) is 58.2 Å². The van der Waals surface area contributed by atoms with E-state index in [1.165, 1.54) is 0 Å². The number of nitrogens with one attached hydrogen (secondary N) is 2. The highest BCUT2D eigenvalue weighted by Gasteiger charge is 2.48. The van der Waals surface area contributed by atoms with E-state index < -0.39 is 10.0 Å². The van der Waals surface area contributed by atoms with Crippen molar-refractivity contribution in [3.05, 3.63) is 35.9 Å². The van der Waals surface area contributed by atoms with Crippen LogP contribution in [0.2, 0.25) is 0 Å². The molecule has 4 nitrogen and oxygen atoms in total. The zero-order valence-electron chi connectivity index (χ0n) is 11.6. The number of hydrogen-bond donors (Lipinski definition) is 2. The molecule has 3 atom stereocenters. The van der Waals surface area contributed by atoms with Gasteiger partial charge >= 0.3 is 0 Å². The molecule has 1 aliphatic carbocycles. The van der Waals surface area contributed by atoms with Crippen molar-refractivity contribution < 1.29 is 8.42 Å². The second kappa shape index (κ2) is 5.84. The van der Waals surface area contributed by atoms with Gasteiger partial charge < -0.3 is 5.32 Å². The molecule has 5 heteroatoms. The van der Waals surface area contributed by atoms with Crippen molar-refractivity contribution in [1.82, 2.24) is 10.0 Å². The molecule has 1 saturated carbocycles. The van der Waals surface area contributed by atoms with Gasteiger partial charge in [-0.05, 0) is 31.4 Å². The largest absolute Gasteiger partial charge is 0.315 e. The van der Waals surface area contributed by atoms with Crippen LogP contribution in [-0.2, 0) is 10.0 Å². The van der Waals surface area contributed by atoms with Crippen LogP contribution < -0.4 is 10.0 Å². The lowest BCUT2D eigenvalue weighted by Crippen LogP contribution is -2.42. The summed E-state index contributed by atoms with van der Waals surface area (Å²) >= 11 is 0. The molecule has 2 aliphatic rings. The van der Waals surface area contributed by atoms with E-state index in [4.69, 9.17) is 0 Å². The fourth-order valence-corrected chi connectivity index (χ4v) is 4.90. The number of hydrogen-bond acceptors (Lipinski definition) is 3. The molecule has 20 heavy (non-hydrogen) atoms. The molecule has 0 amide bonds. The summed E-state index contributed by atoms with van der Waals surface area (Å²) in [5.74, 6) is 0.174. The van der Waals surface area contributed by atoms with Crippen molar-refractivity contribution in [1.29, 1.82) is 0 Å². The monoisotopic (exact) mass is 294 g/mol. The summed E-state index contributed by atoms with van der Waals surface area (Å²) in [7, 11) is -3.19. The molecule has 1 heterocycles. The fraction of sp³-hybridized carbons (Fsp3) is 0.600. The van der Waals surface area contributed by atoms with Crippen molar-refractivity contribution in [2.24, 2.45) is 0 Å². The van der Waals surface area contributed by atoms with Crippen LogP contribution in [0.1, 0.15) is 37.2 Å². The van der Waals surface area contributed by atoms with Crippen LogP contribution in [0.4, 0.5) is 0 Å². The maximum Gasteiger partial charge on any atom is 0.215 e. The lowest BCUT2D eigenvalue weighted by atomic mass is 10.1. The molecule has 0 bridgehead atoms. The predicted octanol–water partition coefficient (Wildman–Crippen LogP) is 1.60. The van der Waals surface area contributed by atoms with E-state index in [2.05, 4.69) is 10.0 Å². The van der Waals surface area contributed by atoms with Crippen molar-refractivity contribution in [3.8, 4) is 0 Å². The number of sulfonamides is 1. The number of benzene rings is 1. The van der Waals surface area contributed by atoms with Gasteiger partial charge in [0.2, 0.25) is 10.0 Å². The van der Waals surface area contributed by atoms with Gasteiger partial charge in [0.05, 0.1) is 5.25 Å². The average Bonchev–Trinajstić information content (AvgIpc) is 3.24. The van der Waals surface area contributed by atoms with E-state index in [0.717, 1.165) is 44.3 Å². The molecule has 0 aromatic heterocycles. The Labute approximate surface area is 121 Å². The van der Waals surface area contributed by atoms with Crippen LogP contribution >= 0.6 is 0 Å². The van der Waals surface area contributed by atoms with Gasteiger partial charge in [-0.3, -0.25) is 0 Å². The number of rotatable bonds is 4. The van der Waals surface area contributed by atoms with E-state index >= 15 is 0 Å². The standard InChI is InChI=1S/C15H22N2O2S/c18-20(19,17-13-8-4-5-9-16-11-13)15-10-14(15)12-6-2-1-3-7-12/h1-3,6-7,13-17H,4-5,8-11H2/t13?,14-,15+/m0/s1. The molecule has 2 fully saturated rings. The molecular formula is C15H22N2O2S. The lowest BCUT2D eigenvalue weighted by Gasteiger charge is -2.16. The highest BCUT2D eigenvalue weighted by molar-refractivity contribution is 7.90. The van der Waals surface area contributed by atoms with Gasteiger partial charge in [-0.2, -0.15) is 0 Å². The molecule has 1 aliphatic heterocycles. The van der Waals surface area contributed by atoms with E-state index in [1.54, 1.807) is 0 Å². The molecule has 1 aromatic carbocycles. The first-order valence-corrected chi connectivity index (χ1v) is 8.98. The van der Waals surface area contributed by atoms with Gasteiger partial charge in [0.1, 0.15) is 0 Å². The summed E-state index contributed by atoms with van der Waals surface area (Å²) in [6.07, 6.45) is 3.91. The Morgan fingerprint density at radius 1 is 1.15 bits per heavy atom. The first-order chi connectivity index (χ1) is 9.67. The summed E-state index contributed by atoms with van der Waals surface area (Å²) in [4.78, 5) is 0. The van der Waals surface area contributed by atoms with E-state index in [-0.39, 0.29) is 17.2 Å². The maximum absolute atomic E-state index is 12.4. The molecule has 110 valence electrons. The van der Waals surface area contributed by atoms with Gasteiger partial charge in [-0.15, -0.1) is 0 Å². The van der Waals surface area contributed by atoms with Gasteiger partial charge in [-0.25, -0.2) is 13.1 Å². The Balaban J connectivity index is 1.62. The van der Waals surface area contributed by atoms with Gasteiger partial charge in [0.25, 0.3) is 0 Å². The molecule has 0 spiro atoms. The smallest absolute Gasteiger partial charge is 0.215 e. The quantitative estimate of drug-likeness (QED) is 0.887. The van der Waals surface area contributed by atoms with Crippen molar-refractivity contribution in [3.63, 3.8) is 0 Å². The summed E-state index contributed by atoms with van der Waals surface area (Å²) in [5, 5.41) is 3.05. The van der Waals surface area contributed by atoms with Crippen LogP contribution in [0.25, 0.3) is 0 Å². The SMILES string of the molecule is O=S(=O)(NC1CCCCNC1)[C@@H]1C[C@H]1c1ccccc1. The molecule has 1 aromatic rings. The van der Waals surface area contributed by atoms with Gasteiger partial charge in [0.15, 0.2) is 0 Å². The minimum atomic E-state index is -3.19. The van der Waals surface area contributed by atoms with Gasteiger partial charge in [-0.1, -0.05) is 36.8 Å². The molecule has 0 radical (unpaired) electrons. The van der Waals surface area contributed by atoms with E-state index in [1.807, 2.05) is 30.3 Å². The zero-order chi connectivity index (χ0) is 14.0. The Bertz CT molecular complexity index is 536. The Morgan fingerprint density at radius 2 is 1.95 bits per heavy atom. The highest BCUT2D eigenvalue weighted by atomic mass is 32.2. The molecule has 1 saturated heterocycles. The van der Waals surface area contributed by atoms with Crippen LogP contribution in [0, 0.1) is 0 Å². The van der Waals surface area contributed by atoms with E-state index in [9.17, 15) is 8.42 Å². The summed E-state index contributed by atoms with van der Waals surface area (Å²) < 4.78 is 27.7. The summed E-state index contributed by atoms with van der Waals surface area (Å²) in [5.41, 5.74) is 1.14. The molecule has 3 rings (SSSR count). The lowest BCUT2D eigenvalue weighted by molar-refractivity contribution is 0.520. The van der Waals surface area contributed by atoms with Gasteiger partial charge in [0, 0.05) is 18.5 Å². The highest BCUT2D eigenvalue weighted by Crippen LogP contribution is 2.45. The van der Waals surface area contributed by atoms with E-state index in [0.29, 0.717) is 0 Å². The van der Waals surface area contributed by atoms with Crippen molar-refractivity contribution in [2.45, 2.75) is 42.9 Å². The fourth-order valence-electron chi connectivity index (χ4n) is 3.00. The van der Waals surface area contributed by atoms with Crippen LogP contribution in [0.15, 0.2) is 30.3 Å². The third kappa shape index (κ3) is 3.22. The molecule has 2 N–H and O–H groups in total. The summed E-state index contributed by atoms with van der Waals surface area (Å²) in [6, 6.07) is 10.0. The minimum absolute atomic E-state index is 0.0551. The first-order valence-electron chi connectivity index (χ1n) is 7.43. The first kappa shape index (κ1) is 14.0. The second-order valence-corrected chi connectivity index (χ2v) is 7.78. The molecular weight excluding hydrogens is 272 g/mol. The Morgan fingerprint density at radius 3 is 2.75 bits per heavy atom. The van der Waals surface area contributed by atoms with Crippen LogP contribution in [0.5, 0.6) is 0 Å². The Hall–Kier alpha value is -0.910. The predicted molar refractivity (Wildman–Crippen MR) is 80.2 cm³/mol. The maximum atomic E-state index is 12.4.